The maximum Gasteiger partial charge on any atom is 0.203 e. The van der Waals surface area contributed by atoms with Gasteiger partial charge in [0.25, 0.3) is 0 Å². The van der Waals surface area contributed by atoms with Crippen molar-refractivity contribution in [3.63, 3.8) is 0 Å². The van der Waals surface area contributed by atoms with Gasteiger partial charge >= 0.3 is 0 Å². The van der Waals surface area contributed by atoms with Crippen molar-refractivity contribution in [3.8, 4) is 0 Å². The van der Waals surface area contributed by atoms with Gasteiger partial charge in [-0.05, 0) is 49.3 Å². The van der Waals surface area contributed by atoms with Crippen LogP contribution in [0.25, 0.3) is 0 Å². The molecule has 2 atom stereocenters. The number of rotatable bonds is 3. The lowest BCUT2D eigenvalue weighted by atomic mass is 9.85. The Labute approximate surface area is 138 Å². The Morgan fingerprint density at radius 3 is 2.82 bits per heavy atom. The molecule has 6 heteroatoms. The third-order valence-corrected chi connectivity index (χ3v) is 5.30. The summed E-state index contributed by atoms with van der Waals surface area (Å²) in [6.07, 6.45) is 4.79. The standard InChI is InChI=1S/C16H17ClFN3S/c1-9-2-3-11(8-14(9)18)6-10-4-5-12(13(17)7-10)15-20-21-16(19)22-15/h2-3,7-8,10,12H,4-6H2,1H3,(H2,19,21). The summed E-state index contributed by atoms with van der Waals surface area (Å²) >= 11 is 7.82. The van der Waals surface area contributed by atoms with E-state index in [1.165, 1.54) is 11.3 Å². The molecule has 1 heterocycles. The van der Waals surface area contributed by atoms with E-state index < -0.39 is 0 Å². The van der Waals surface area contributed by atoms with E-state index >= 15 is 0 Å². The molecule has 1 aromatic heterocycles. The van der Waals surface area contributed by atoms with Gasteiger partial charge < -0.3 is 5.73 Å². The maximum absolute atomic E-state index is 13.6. The summed E-state index contributed by atoms with van der Waals surface area (Å²) in [5, 5.41) is 10.1. The minimum atomic E-state index is -0.148. The number of anilines is 1. The van der Waals surface area contributed by atoms with Crippen LogP contribution in [-0.2, 0) is 6.42 Å². The van der Waals surface area contributed by atoms with Gasteiger partial charge in [0.2, 0.25) is 5.13 Å². The SMILES string of the molecule is Cc1ccc(CC2C=C(Cl)C(c3nnc(N)s3)CC2)cc1F. The van der Waals surface area contributed by atoms with E-state index in [4.69, 9.17) is 17.3 Å². The molecule has 22 heavy (non-hydrogen) atoms. The number of allylic oxidation sites excluding steroid dienone is 2. The van der Waals surface area contributed by atoms with Gasteiger partial charge in [0.15, 0.2) is 0 Å². The van der Waals surface area contributed by atoms with E-state index in [2.05, 4.69) is 16.3 Å². The minimum Gasteiger partial charge on any atom is -0.374 e. The second-order valence-electron chi connectivity index (χ2n) is 5.71. The van der Waals surface area contributed by atoms with Crippen molar-refractivity contribution in [2.45, 2.75) is 32.1 Å². The zero-order valence-corrected chi connectivity index (χ0v) is 13.8. The van der Waals surface area contributed by atoms with Crippen LogP contribution >= 0.6 is 22.9 Å². The van der Waals surface area contributed by atoms with E-state index in [9.17, 15) is 4.39 Å². The van der Waals surface area contributed by atoms with Crippen LogP contribution in [0.2, 0.25) is 0 Å². The van der Waals surface area contributed by atoms with Crippen LogP contribution < -0.4 is 5.73 Å². The molecule has 0 radical (unpaired) electrons. The van der Waals surface area contributed by atoms with Crippen molar-refractivity contribution >= 4 is 28.1 Å². The third-order valence-electron chi connectivity index (χ3n) is 4.04. The Bertz CT molecular complexity index is 713. The average Bonchev–Trinajstić information content (AvgIpc) is 2.89. The largest absolute Gasteiger partial charge is 0.374 e. The van der Waals surface area contributed by atoms with Crippen LogP contribution in [0.15, 0.2) is 29.3 Å². The van der Waals surface area contributed by atoms with Crippen molar-refractivity contribution in [3.05, 3.63) is 51.3 Å². The van der Waals surface area contributed by atoms with E-state index in [-0.39, 0.29) is 11.7 Å². The Hall–Kier alpha value is -1.46. The molecule has 0 bridgehead atoms. The molecular weight excluding hydrogens is 321 g/mol. The first-order valence-electron chi connectivity index (χ1n) is 7.24. The quantitative estimate of drug-likeness (QED) is 0.901. The van der Waals surface area contributed by atoms with Crippen molar-refractivity contribution in [2.24, 2.45) is 5.92 Å². The molecule has 0 saturated heterocycles. The Morgan fingerprint density at radius 1 is 1.36 bits per heavy atom. The fourth-order valence-electron chi connectivity index (χ4n) is 2.80. The summed E-state index contributed by atoms with van der Waals surface area (Å²) in [6, 6.07) is 5.43. The predicted octanol–water partition coefficient (Wildman–Crippen LogP) is 4.43. The number of benzene rings is 1. The lowest BCUT2D eigenvalue weighted by Crippen LogP contribution is -2.13. The van der Waals surface area contributed by atoms with Crippen LogP contribution in [-0.4, -0.2) is 10.2 Å². The van der Waals surface area contributed by atoms with E-state index in [1.807, 2.05) is 12.1 Å². The molecule has 0 aliphatic heterocycles. The minimum absolute atomic E-state index is 0.0995. The van der Waals surface area contributed by atoms with Gasteiger partial charge in [-0.3, -0.25) is 0 Å². The summed E-state index contributed by atoms with van der Waals surface area (Å²) < 4.78 is 13.6. The van der Waals surface area contributed by atoms with Gasteiger partial charge in [-0.2, -0.15) is 0 Å². The molecule has 0 fully saturated rings. The normalized spacial score (nSPS) is 21.7. The summed E-state index contributed by atoms with van der Waals surface area (Å²) in [7, 11) is 0. The van der Waals surface area contributed by atoms with Crippen LogP contribution in [0, 0.1) is 18.7 Å². The maximum atomic E-state index is 13.6. The number of nitrogen functional groups attached to an aromatic ring is 1. The number of nitrogens with two attached hydrogens (primary N) is 1. The molecule has 0 saturated carbocycles. The molecule has 2 unspecified atom stereocenters. The lowest BCUT2D eigenvalue weighted by molar-refractivity contribution is 0.500. The van der Waals surface area contributed by atoms with Gasteiger partial charge in [-0.15, -0.1) is 10.2 Å². The Morgan fingerprint density at radius 2 is 2.18 bits per heavy atom. The summed E-state index contributed by atoms with van der Waals surface area (Å²) in [5.41, 5.74) is 7.32. The number of halogens is 2. The first kappa shape index (κ1) is 15.4. The van der Waals surface area contributed by atoms with Crippen LogP contribution in [0.4, 0.5) is 9.52 Å². The summed E-state index contributed by atoms with van der Waals surface area (Å²) in [5.74, 6) is 0.282. The second kappa shape index (κ2) is 6.34. The summed E-state index contributed by atoms with van der Waals surface area (Å²) in [6.45, 7) is 1.77. The number of aryl methyl sites for hydroxylation is 1. The second-order valence-corrected chi connectivity index (χ2v) is 7.18. The smallest absolute Gasteiger partial charge is 0.203 e. The Balaban J connectivity index is 1.72. The molecule has 3 rings (SSSR count). The molecule has 1 aliphatic carbocycles. The molecule has 2 N–H and O–H groups in total. The predicted molar refractivity (Wildman–Crippen MR) is 88.6 cm³/mol. The number of hydrogen-bond donors (Lipinski definition) is 1. The number of aromatic nitrogens is 2. The molecule has 0 spiro atoms. The highest BCUT2D eigenvalue weighted by Crippen LogP contribution is 2.40. The van der Waals surface area contributed by atoms with E-state index in [1.54, 1.807) is 13.0 Å². The van der Waals surface area contributed by atoms with Gasteiger partial charge in [-0.25, -0.2) is 4.39 Å². The van der Waals surface area contributed by atoms with Gasteiger partial charge in [0, 0.05) is 11.0 Å². The molecular formula is C16H17ClFN3S. The average molecular weight is 338 g/mol. The fraction of sp³-hybridized carbons (Fsp3) is 0.375. The zero-order chi connectivity index (χ0) is 15.7. The first-order valence-corrected chi connectivity index (χ1v) is 8.43. The molecule has 2 aromatic rings. The Kier molecular flexibility index (Phi) is 4.45. The number of nitrogens with zero attached hydrogens (tertiary/aromatic N) is 2. The van der Waals surface area contributed by atoms with Crippen molar-refractivity contribution < 1.29 is 4.39 Å². The van der Waals surface area contributed by atoms with Gasteiger partial charge in [0.1, 0.15) is 10.8 Å². The topological polar surface area (TPSA) is 51.8 Å². The van der Waals surface area contributed by atoms with Crippen LogP contribution in [0.5, 0.6) is 0 Å². The monoisotopic (exact) mass is 337 g/mol. The van der Waals surface area contributed by atoms with Crippen LogP contribution in [0.3, 0.4) is 0 Å². The lowest BCUT2D eigenvalue weighted by Gasteiger charge is -2.24. The molecule has 3 nitrogen and oxygen atoms in total. The molecule has 1 aliphatic rings. The third kappa shape index (κ3) is 3.31. The highest BCUT2D eigenvalue weighted by Gasteiger charge is 2.26. The van der Waals surface area contributed by atoms with Crippen molar-refractivity contribution in [2.75, 3.05) is 5.73 Å². The van der Waals surface area contributed by atoms with E-state index in [0.717, 1.165) is 34.9 Å². The van der Waals surface area contributed by atoms with Crippen LogP contribution in [0.1, 0.15) is 34.9 Å². The molecule has 0 amide bonds. The van der Waals surface area contributed by atoms with Gasteiger partial charge in [-0.1, -0.05) is 41.1 Å². The van der Waals surface area contributed by atoms with Crippen molar-refractivity contribution in [1.29, 1.82) is 0 Å². The summed E-state index contributed by atoms with van der Waals surface area (Å²) in [4.78, 5) is 0. The van der Waals surface area contributed by atoms with Gasteiger partial charge in [0.05, 0.1) is 0 Å². The zero-order valence-electron chi connectivity index (χ0n) is 12.2. The number of hydrogen-bond acceptors (Lipinski definition) is 4. The molecule has 1 aromatic carbocycles. The van der Waals surface area contributed by atoms with E-state index in [0.29, 0.717) is 16.6 Å². The fourth-order valence-corrected chi connectivity index (χ4v) is 4.02. The highest BCUT2D eigenvalue weighted by molar-refractivity contribution is 7.15. The van der Waals surface area contributed by atoms with Crippen molar-refractivity contribution in [1.82, 2.24) is 10.2 Å². The molecule has 116 valence electrons. The highest BCUT2D eigenvalue weighted by atomic mass is 35.5. The first-order chi connectivity index (χ1) is 10.5.